The number of hydrogen-bond acceptors (Lipinski definition) is 3. The van der Waals surface area contributed by atoms with E-state index in [0.717, 1.165) is 11.6 Å². The lowest BCUT2D eigenvalue weighted by atomic mass is 10.1. The molecule has 2 aromatic rings. The summed E-state index contributed by atoms with van der Waals surface area (Å²) in [5.41, 5.74) is 2.05. The summed E-state index contributed by atoms with van der Waals surface area (Å²) in [5.74, 6) is -4.01. The van der Waals surface area contributed by atoms with E-state index >= 15 is 0 Å². The van der Waals surface area contributed by atoms with Crippen molar-refractivity contribution in [2.45, 2.75) is 25.8 Å². The van der Waals surface area contributed by atoms with Gasteiger partial charge in [-0.15, -0.1) is 0 Å². The Balaban J connectivity index is 1.87. The van der Waals surface area contributed by atoms with Crippen LogP contribution in [-0.2, 0) is 11.2 Å². The van der Waals surface area contributed by atoms with Gasteiger partial charge in [-0.3, -0.25) is 9.48 Å². The smallest absolute Gasteiger partial charge is 0.221 e. The zero-order valence-electron chi connectivity index (χ0n) is 14.4. The standard InChI is InChI=1S/C19H16F3N3OS/c1-11(26)23-13-4-2-3-12(7-13)8-17-18(27)5-6-25(24-17)14-9-15(20)19(22)16(21)10-14/h2-7,9,14H,8,10H2,1H3,(H,23,26). The fourth-order valence-corrected chi connectivity index (χ4v) is 2.97. The molecule has 1 aliphatic carbocycles. The van der Waals surface area contributed by atoms with E-state index in [1.54, 1.807) is 24.3 Å². The summed E-state index contributed by atoms with van der Waals surface area (Å²) in [7, 11) is 0. The molecule has 3 rings (SSSR count). The molecular weight excluding hydrogens is 375 g/mol. The maximum absolute atomic E-state index is 13.6. The second-order valence-electron chi connectivity index (χ2n) is 6.17. The molecule has 1 N–H and O–H groups in total. The van der Waals surface area contributed by atoms with E-state index in [1.165, 1.54) is 17.8 Å². The van der Waals surface area contributed by atoms with Gasteiger partial charge in [-0.2, -0.15) is 5.10 Å². The molecule has 0 aliphatic heterocycles. The summed E-state index contributed by atoms with van der Waals surface area (Å²) in [6.45, 7) is 1.42. The summed E-state index contributed by atoms with van der Waals surface area (Å²) >= 11 is 5.30. The third-order valence-electron chi connectivity index (χ3n) is 4.03. The number of carbonyl (C=O) groups is 1. The summed E-state index contributed by atoms with van der Waals surface area (Å²) in [6.07, 6.45) is 2.57. The SMILES string of the molecule is CC(=O)Nc1cccc(Cc2nn(C3C=C(F)C(F)=C(F)C3)ccc2=S)c1. The highest BCUT2D eigenvalue weighted by molar-refractivity contribution is 7.71. The molecule has 1 unspecified atom stereocenters. The lowest BCUT2D eigenvalue weighted by molar-refractivity contribution is -0.114. The predicted octanol–water partition coefficient (Wildman–Crippen LogP) is 5.11. The summed E-state index contributed by atoms with van der Waals surface area (Å²) in [4.78, 5) is 11.2. The zero-order chi connectivity index (χ0) is 19.6. The number of nitrogens with zero attached hydrogens (tertiary/aromatic N) is 2. The Morgan fingerprint density at radius 2 is 2.11 bits per heavy atom. The molecule has 27 heavy (non-hydrogen) atoms. The molecule has 140 valence electrons. The number of amides is 1. The monoisotopic (exact) mass is 391 g/mol. The van der Waals surface area contributed by atoms with Crippen molar-refractivity contribution >= 4 is 23.8 Å². The van der Waals surface area contributed by atoms with Crippen molar-refractivity contribution in [2.75, 3.05) is 5.32 Å². The van der Waals surface area contributed by atoms with Gasteiger partial charge in [0.25, 0.3) is 0 Å². The molecule has 1 aliphatic rings. The van der Waals surface area contributed by atoms with Crippen molar-refractivity contribution in [3.8, 4) is 0 Å². The van der Waals surface area contributed by atoms with Crippen molar-refractivity contribution in [2.24, 2.45) is 0 Å². The van der Waals surface area contributed by atoms with Gasteiger partial charge in [-0.1, -0.05) is 24.4 Å². The van der Waals surface area contributed by atoms with Crippen LogP contribution in [0.2, 0.25) is 0 Å². The Kier molecular flexibility index (Phi) is 5.55. The first-order valence-electron chi connectivity index (χ1n) is 8.20. The quantitative estimate of drug-likeness (QED) is 0.737. The van der Waals surface area contributed by atoms with Crippen molar-refractivity contribution < 1.29 is 18.0 Å². The Morgan fingerprint density at radius 1 is 1.33 bits per heavy atom. The number of hydrogen-bond donors (Lipinski definition) is 1. The summed E-state index contributed by atoms with van der Waals surface area (Å²) in [6, 6.07) is 8.06. The average molecular weight is 391 g/mol. The molecule has 0 saturated carbocycles. The fraction of sp³-hybridized carbons (Fsp3) is 0.211. The number of nitrogens with one attached hydrogen (secondary N) is 1. The van der Waals surface area contributed by atoms with Crippen molar-refractivity contribution in [1.29, 1.82) is 0 Å². The van der Waals surface area contributed by atoms with Crippen LogP contribution in [0.3, 0.4) is 0 Å². The average Bonchev–Trinajstić information content (AvgIpc) is 2.61. The van der Waals surface area contributed by atoms with Crippen LogP contribution in [0.5, 0.6) is 0 Å². The summed E-state index contributed by atoms with van der Waals surface area (Å²) < 4.78 is 42.2. The van der Waals surface area contributed by atoms with Crippen molar-refractivity contribution in [3.05, 3.63) is 75.9 Å². The van der Waals surface area contributed by atoms with Gasteiger partial charge in [0.1, 0.15) is 5.83 Å². The van der Waals surface area contributed by atoms with Gasteiger partial charge in [0.05, 0.1) is 16.2 Å². The Bertz CT molecular complexity index is 1010. The van der Waals surface area contributed by atoms with Crippen molar-refractivity contribution in [1.82, 2.24) is 9.78 Å². The molecule has 1 atom stereocenters. The first kappa shape index (κ1) is 19.0. The molecular formula is C19H16F3N3OS. The summed E-state index contributed by atoms with van der Waals surface area (Å²) in [5, 5.41) is 7.08. The molecule has 0 bridgehead atoms. The van der Waals surface area contributed by atoms with Gasteiger partial charge in [0, 0.05) is 31.6 Å². The lowest BCUT2D eigenvalue weighted by Gasteiger charge is -2.19. The predicted molar refractivity (Wildman–Crippen MR) is 98.7 cm³/mol. The van der Waals surface area contributed by atoms with Crippen LogP contribution >= 0.6 is 12.2 Å². The molecule has 1 aromatic heterocycles. The van der Waals surface area contributed by atoms with E-state index in [9.17, 15) is 18.0 Å². The van der Waals surface area contributed by atoms with E-state index < -0.39 is 23.5 Å². The number of halogens is 3. The molecule has 1 heterocycles. The number of aromatic nitrogens is 2. The maximum Gasteiger partial charge on any atom is 0.221 e. The molecule has 1 amide bonds. The third-order valence-corrected chi connectivity index (χ3v) is 4.40. The van der Waals surface area contributed by atoms with Gasteiger partial charge in [0.2, 0.25) is 5.91 Å². The van der Waals surface area contributed by atoms with Crippen LogP contribution in [0.4, 0.5) is 18.9 Å². The molecule has 0 saturated heterocycles. The van der Waals surface area contributed by atoms with Gasteiger partial charge < -0.3 is 5.32 Å². The van der Waals surface area contributed by atoms with Crippen molar-refractivity contribution in [3.63, 3.8) is 0 Å². The fourth-order valence-electron chi connectivity index (χ4n) is 2.80. The number of carbonyl (C=O) groups excluding carboxylic acids is 1. The van der Waals surface area contributed by atoms with E-state index in [-0.39, 0.29) is 12.3 Å². The zero-order valence-corrected chi connectivity index (χ0v) is 15.2. The van der Waals surface area contributed by atoms with Gasteiger partial charge in [-0.25, -0.2) is 13.2 Å². The molecule has 0 radical (unpaired) electrons. The van der Waals surface area contributed by atoms with Crippen LogP contribution < -0.4 is 5.32 Å². The first-order valence-corrected chi connectivity index (χ1v) is 8.61. The topological polar surface area (TPSA) is 46.9 Å². The van der Waals surface area contributed by atoms with Crippen LogP contribution in [0.15, 0.2) is 60.1 Å². The highest BCUT2D eigenvalue weighted by Crippen LogP contribution is 2.33. The minimum absolute atomic E-state index is 0.180. The highest BCUT2D eigenvalue weighted by atomic mass is 32.1. The minimum Gasteiger partial charge on any atom is -0.326 e. The number of benzene rings is 1. The van der Waals surface area contributed by atoms with Crippen LogP contribution in [0.1, 0.15) is 30.6 Å². The van der Waals surface area contributed by atoms with E-state index in [4.69, 9.17) is 12.2 Å². The van der Waals surface area contributed by atoms with Gasteiger partial charge in [0.15, 0.2) is 11.7 Å². The van der Waals surface area contributed by atoms with E-state index in [1.807, 2.05) is 6.07 Å². The second kappa shape index (κ2) is 7.87. The Hall–Kier alpha value is -2.74. The van der Waals surface area contributed by atoms with Gasteiger partial charge >= 0.3 is 0 Å². The molecule has 0 fully saturated rings. The maximum atomic E-state index is 13.6. The molecule has 0 spiro atoms. The van der Waals surface area contributed by atoms with Crippen LogP contribution in [0, 0.1) is 4.51 Å². The van der Waals surface area contributed by atoms with E-state index in [2.05, 4.69) is 10.4 Å². The third kappa shape index (κ3) is 4.51. The number of anilines is 1. The largest absolute Gasteiger partial charge is 0.326 e. The normalized spacial score (nSPS) is 16.9. The van der Waals surface area contributed by atoms with Crippen LogP contribution in [-0.4, -0.2) is 15.7 Å². The number of allylic oxidation sites excluding steroid dienone is 4. The first-order chi connectivity index (χ1) is 12.8. The Labute approximate surface area is 159 Å². The molecule has 4 nitrogen and oxygen atoms in total. The van der Waals surface area contributed by atoms with E-state index in [0.29, 0.717) is 22.3 Å². The lowest BCUT2D eigenvalue weighted by Crippen LogP contribution is -2.16. The molecule has 1 aromatic carbocycles. The van der Waals surface area contributed by atoms with Gasteiger partial charge in [-0.05, 0) is 29.8 Å². The number of rotatable bonds is 4. The highest BCUT2D eigenvalue weighted by Gasteiger charge is 2.24. The van der Waals surface area contributed by atoms with Crippen LogP contribution in [0.25, 0.3) is 0 Å². The molecule has 8 heteroatoms. The Morgan fingerprint density at radius 3 is 2.81 bits per heavy atom. The minimum atomic E-state index is -1.46. The second-order valence-corrected chi connectivity index (χ2v) is 6.61.